The molecule has 0 spiro atoms. The van der Waals surface area contributed by atoms with Crippen molar-refractivity contribution in [1.82, 2.24) is 15.4 Å². The van der Waals surface area contributed by atoms with Gasteiger partial charge in [-0.3, -0.25) is 9.78 Å². The van der Waals surface area contributed by atoms with Crippen molar-refractivity contribution < 1.29 is 9.63 Å². The lowest BCUT2D eigenvalue weighted by atomic mass is 10.1. The van der Waals surface area contributed by atoms with E-state index in [-0.39, 0.29) is 5.91 Å². The van der Waals surface area contributed by atoms with Crippen LogP contribution in [0.2, 0.25) is 0 Å². The van der Waals surface area contributed by atoms with Crippen molar-refractivity contribution in [3.05, 3.63) is 40.1 Å². The first-order valence-corrected chi connectivity index (χ1v) is 7.00. The third-order valence-electron chi connectivity index (χ3n) is 2.77. The summed E-state index contributed by atoms with van der Waals surface area (Å²) in [5.41, 5.74) is 3.84. The number of hydroxylamine groups is 1. The van der Waals surface area contributed by atoms with Crippen molar-refractivity contribution in [3.8, 4) is 5.88 Å². The second-order valence-corrected chi connectivity index (χ2v) is 5.40. The Morgan fingerprint density at radius 3 is 2.95 bits per heavy atom. The van der Waals surface area contributed by atoms with Gasteiger partial charge in [-0.05, 0) is 40.8 Å². The maximum Gasteiger partial charge on any atom is 0.249 e. The summed E-state index contributed by atoms with van der Waals surface area (Å²) in [5.74, 6) is 0.0548. The molecule has 100 valence electrons. The van der Waals surface area contributed by atoms with Crippen molar-refractivity contribution >= 4 is 50.3 Å². The Bertz CT molecular complexity index is 820. The van der Waals surface area contributed by atoms with Gasteiger partial charge in [-0.2, -0.15) is 5.48 Å². The Kier molecular flexibility index (Phi) is 3.39. The lowest BCUT2D eigenvalue weighted by Gasteiger charge is -2.08. The maximum atomic E-state index is 10.9. The number of benzene rings is 1. The lowest BCUT2D eigenvalue weighted by Crippen LogP contribution is -2.24. The van der Waals surface area contributed by atoms with Crippen LogP contribution in [0.1, 0.15) is 6.92 Å². The fraction of sp³-hybridized carbons (Fsp3) is 0.0714. The molecule has 6 heteroatoms. The number of fused-ring (bicyclic) bond motifs is 3. The zero-order chi connectivity index (χ0) is 14.1. The summed E-state index contributed by atoms with van der Waals surface area (Å²) in [4.78, 5) is 24.8. The van der Waals surface area contributed by atoms with Crippen molar-refractivity contribution in [3.63, 3.8) is 0 Å². The standard InChI is InChI=1S/C14H10IN3O2/c1-8(19)18-20-12-5-4-10-11(15)7-9-3-2-6-16-13(9)14(10)17-12/h2-7H,1H3,(H,18,19). The number of pyridine rings is 2. The Labute approximate surface area is 128 Å². The molecule has 20 heavy (non-hydrogen) atoms. The van der Waals surface area contributed by atoms with Gasteiger partial charge in [-0.15, -0.1) is 0 Å². The van der Waals surface area contributed by atoms with Crippen molar-refractivity contribution in [2.24, 2.45) is 0 Å². The Hall–Kier alpha value is -1.96. The van der Waals surface area contributed by atoms with E-state index in [2.05, 4.69) is 44.1 Å². The fourth-order valence-electron chi connectivity index (χ4n) is 1.94. The summed E-state index contributed by atoms with van der Waals surface area (Å²) in [6.07, 6.45) is 1.73. The molecule has 0 atom stereocenters. The number of halogens is 1. The Balaban J connectivity index is 2.20. The molecule has 3 rings (SSSR count). The molecule has 2 aromatic heterocycles. The van der Waals surface area contributed by atoms with E-state index in [0.29, 0.717) is 5.88 Å². The van der Waals surface area contributed by atoms with Crippen LogP contribution in [0.25, 0.3) is 21.8 Å². The van der Waals surface area contributed by atoms with Crippen LogP contribution in [0.4, 0.5) is 0 Å². The SMILES string of the molecule is CC(=O)NOc1ccc2c(I)cc3cccnc3c2n1. The van der Waals surface area contributed by atoms with Crippen LogP contribution in [-0.2, 0) is 4.79 Å². The van der Waals surface area contributed by atoms with Gasteiger partial charge in [0, 0.05) is 33.5 Å². The van der Waals surface area contributed by atoms with Crippen LogP contribution >= 0.6 is 22.6 Å². The average Bonchev–Trinajstić information content (AvgIpc) is 2.45. The number of hydrogen-bond acceptors (Lipinski definition) is 4. The highest BCUT2D eigenvalue weighted by atomic mass is 127. The van der Waals surface area contributed by atoms with Gasteiger partial charge in [0.2, 0.25) is 11.8 Å². The summed E-state index contributed by atoms with van der Waals surface area (Å²) < 4.78 is 1.09. The number of nitrogens with one attached hydrogen (secondary N) is 1. The summed E-state index contributed by atoms with van der Waals surface area (Å²) in [6.45, 7) is 1.38. The van der Waals surface area contributed by atoms with Gasteiger partial charge in [0.1, 0.15) is 5.52 Å². The first-order chi connectivity index (χ1) is 9.65. The normalized spacial score (nSPS) is 10.7. The molecule has 3 aromatic rings. The minimum Gasteiger partial charge on any atom is -0.359 e. The molecule has 2 heterocycles. The molecule has 0 fully saturated rings. The molecular weight excluding hydrogens is 369 g/mol. The zero-order valence-electron chi connectivity index (χ0n) is 10.6. The smallest absolute Gasteiger partial charge is 0.249 e. The quantitative estimate of drug-likeness (QED) is 0.423. The molecule has 1 amide bonds. The van der Waals surface area contributed by atoms with Crippen molar-refractivity contribution in [1.29, 1.82) is 0 Å². The van der Waals surface area contributed by atoms with Crippen LogP contribution in [-0.4, -0.2) is 15.9 Å². The topological polar surface area (TPSA) is 64.1 Å². The van der Waals surface area contributed by atoms with Gasteiger partial charge < -0.3 is 4.84 Å². The molecule has 0 bridgehead atoms. The highest BCUT2D eigenvalue weighted by Gasteiger charge is 2.09. The van der Waals surface area contributed by atoms with Gasteiger partial charge >= 0.3 is 0 Å². The van der Waals surface area contributed by atoms with E-state index in [1.807, 2.05) is 18.2 Å². The van der Waals surface area contributed by atoms with Gasteiger partial charge in [-0.25, -0.2) is 4.98 Å². The van der Waals surface area contributed by atoms with Crippen LogP contribution in [0.5, 0.6) is 5.88 Å². The number of carbonyl (C=O) groups is 1. The fourth-order valence-corrected chi connectivity index (χ4v) is 2.71. The van der Waals surface area contributed by atoms with E-state index in [4.69, 9.17) is 4.84 Å². The number of amides is 1. The van der Waals surface area contributed by atoms with E-state index in [0.717, 1.165) is 25.4 Å². The number of rotatable bonds is 2. The van der Waals surface area contributed by atoms with E-state index in [1.54, 1.807) is 12.3 Å². The summed E-state index contributed by atoms with van der Waals surface area (Å²) in [6, 6.07) is 9.58. The van der Waals surface area contributed by atoms with Gasteiger partial charge in [-0.1, -0.05) is 6.07 Å². The molecule has 0 radical (unpaired) electrons. The lowest BCUT2D eigenvalue weighted by molar-refractivity contribution is -0.125. The third kappa shape index (κ3) is 2.38. The number of nitrogens with zero attached hydrogens (tertiary/aromatic N) is 2. The molecule has 1 aromatic carbocycles. The van der Waals surface area contributed by atoms with E-state index in [9.17, 15) is 4.79 Å². The molecular formula is C14H10IN3O2. The largest absolute Gasteiger partial charge is 0.359 e. The van der Waals surface area contributed by atoms with E-state index < -0.39 is 0 Å². The highest BCUT2D eigenvalue weighted by Crippen LogP contribution is 2.28. The van der Waals surface area contributed by atoms with Crippen molar-refractivity contribution in [2.45, 2.75) is 6.92 Å². The zero-order valence-corrected chi connectivity index (χ0v) is 12.7. The predicted octanol–water partition coefficient (Wildman–Crippen LogP) is 2.82. The van der Waals surface area contributed by atoms with Crippen LogP contribution < -0.4 is 10.3 Å². The molecule has 0 aliphatic carbocycles. The summed E-state index contributed by atoms with van der Waals surface area (Å²) in [5, 5.41) is 2.03. The van der Waals surface area contributed by atoms with Crippen LogP contribution in [0, 0.1) is 3.57 Å². The molecule has 0 unspecified atom stereocenters. The minimum atomic E-state index is -0.280. The first kappa shape index (κ1) is 13.0. The predicted molar refractivity (Wildman–Crippen MR) is 84.2 cm³/mol. The van der Waals surface area contributed by atoms with E-state index in [1.165, 1.54) is 6.92 Å². The van der Waals surface area contributed by atoms with Gasteiger partial charge in [0.25, 0.3) is 0 Å². The number of carbonyl (C=O) groups excluding carboxylic acids is 1. The maximum absolute atomic E-state index is 10.9. The molecule has 0 aliphatic rings. The summed E-state index contributed by atoms with van der Waals surface area (Å²) in [7, 11) is 0. The minimum absolute atomic E-state index is 0.280. The molecule has 0 saturated carbocycles. The second-order valence-electron chi connectivity index (χ2n) is 4.24. The molecule has 1 N–H and O–H groups in total. The van der Waals surface area contributed by atoms with E-state index >= 15 is 0 Å². The van der Waals surface area contributed by atoms with Crippen LogP contribution in [0.3, 0.4) is 0 Å². The van der Waals surface area contributed by atoms with Gasteiger partial charge in [0.05, 0.1) is 5.52 Å². The Morgan fingerprint density at radius 1 is 1.30 bits per heavy atom. The first-order valence-electron chi connectivity index (χ1n) is 5.92. The number of hydrogen-bond donors (Lipinski definition) is 1. The Morgan fingerprint density at radius 2 is 2.15 bits per heavy atom. The number of aromatic nitrogens is 2. The second kappa shape index (κ2) is 5.20. The molecule has 0 saturated heterocycles. The monoisotopic (exact) mass is 379 g/mol. The van der Waals surface area contributed by atoms with Crippen LogP contribution in [0.15, 0.2) is 36.5 Å². The van der Waals surface area contributed by atoms with Crippen molar-refractivity contribution in [2.75, 3.05) is 0 Å². The molecule has 0 aliphatic heterocycles. The summed E-state index contributed by atoms with van der Waals surface area (Å²) >= 11 is 2.27. The highest BCUT2D eigenvalue weighted by molar-refractivity contribution is 14.1. The third-order valence-corrected chi connectivity index (χ3v) is 3.66. The molecule has 5 nitrogen and oxygen atoms in total. The average molecular weight is 379 g/mol. The van der Waals surface area contributed by atoms with Gasteiger partial charge in [0.15, 0.2) is 0 Å².